The topological polar surface area (TPSA) is 72.5 Å². The molecule has 116 valence electrons. The van der Waals surface area contributed by atoms with Gasteiger partial charge in [0.05, 0.1) is 16.1 Å². The van der Waals surface area contributed by atoms with E-state index < -0.39 is 15.0 Å². The molecule has 0 spiro atoms. The third-order valence-corrected chi connectivity index (χ3v) is 5.29. The highest BCUT2D eigenvalue weighted by atomic mass is 35.7. The average molecular weight is 332 g/mol. The van der Waals surface area contributed by atoms with Crippen LogP contribution in [0, 0.1) is 6.92 Å². The molecule has 0 bridgehead atoms. The highest BCUT2D eigenvalue weighted by Gasteiger charge is 2.37. The molecule has 5 nitrogen and oxygen atoms in total. The van der Waals surface area contributed by atoms with Crippen molar-refractivity contribution >= 4 is 25.6 Å². The summed E-state index contributed by atoms with van der Waals surface area (Å²) in [4.78, 5) is 12.1. The molecule has 1 saturated carbocycles. The second-order valence-electron chi connectivity index (χ2n) is 5.36. The minimum Gasteiger partial charge on any atom is -0.376 e. The van der Waals surface area contributed by atoms with E-state index in [1.807, 2.05) is 0 Å². The maximum atomic E-state index is 12.3. The van der Waals surface area contributed by atoms with Gasteiger partial charge < -0.3 is 10.1 Å². The number of carbonyl (C=O) groups excluding carboxylic acids is 1. The Balaban J connectivity index is 2.21. The standard InChI is InChI=1S/C14H18ClNO4S/c1-10-4-5-12(21(15,18)19)11(8-10)13(17)16-9-14(20-2)6-3-7-14/h4-5,8H,3,6-7,9H2,1-2H3,(H,16,17). The number of methoxy groups -OCH3 is 1. The molecule has 1 N–H and O–H groups in total. The Morgan fingerprint density at radius 1 is 1.43 bits per heavy atom. The van der Waals surface area contributed by atoms with E-state index in [1.165, 1.54) is 12.1 Å². The molecule has 1 amide bonds. The lowest BCUT2D eigenvalue weighted by molar-refractivity contribution is -0.0679. The fourth-order valence-electron chi connectivity index (χ4n) is 2.39. The number of carbonyl (C=O) groups is 1. The highest BCUT2D eigenvalue weighted by Crippen LogP contribution is 2.34. The highest BCUT2D eigenvalue weighted by molar-refractivity contribution is 8.13. The van der Waals surface area contributed by atoms with E-state index in [9.17, 15) is 13.2 Å². The average Bonchev–Trinajstić information content (AvgIpc) is 2.36. The van der Waals surface area contributed by atoms with Crippen molar-refractivity contribution in [1.29, 1.82) is 0 Å². The van der Waals surface area contributed by atoms with Gasteiger partial charge in [0, 0.05) is 24.3 Å². The Kier molecular flexibility index (Phi) is 4.60. The van der Waals surface area contributed by atoms with Gasteiger partial charge in [-0.05, 0) is 38.3 Å². The Morgan fingerprint density at radius 3 is 2.57 bits per heavy atom. The van der Waals surface area contributed by atoms with Gasteiger partial charge in [0.1, 0.15) is 0 Å². The quantitative estimate of drug-likeness (QED) is 0.840. The molecule has 0 radical (unpaired) electrons. The van der Waals surface area contributed by atoms with Crippen molar-refractivity contribution in [3.05, 3.63) is 29.3 Å². The number of halogens is 1. The van der Waals surface area contributed by atoms with Gasteiger partial charge in [-0.3, -0.25) is 4.79 Å². The number of hydrogen-bond acceptors (Lipinski definition) is 4. The van der Waals surface area contributed by atoms with Crippen molar-refractivity contribution in [1.82, 2.24) is 5.32 Å². The van der Waals surface area contributed by atoms with E-state index in [1.54, 1.807) is 20.1 Å². The molecule has 1 fully saturated rings. The molecule has 1 aromatic carbocycles. The van der Waals surface area contributed by atoms with Crippen molar-refractivity contribution in [2.24, 2.45) is 0 Å². The van der Waals surface area contributed by atoms with Gasteiger partial charge >= 0.3 is 0 Å². The lowest BCUT2D eigenvalue weighted by atomic mass is 9.80. The lowest BCUT2D eigenvalue weighted by Gasteiger charge is -2.40. The Labute approximate surface area is 129 Å². The molecule has 21 heavy (non-hydrogen) atoms. The molecule has 7 heteroatoms. The second-order valence-corrected chi connectivity index (χ2v) is 7.90. The SMILES string of the molecule is COC1(CNC(=O)c2cc(C)ccc2S(=O)(=O)Cl)CCC1. The third kappa shape index (κ3) is 3.56. The summed E-state index contributed by atoms with van der Waals surface area (Å²) in [5, 5.41) is 2.75. The molecule has 1 aromatic rings. The van der Waals surface area contributed by atoms with Crippen LogP contribution in [-0.4, -0.2) is 33.6 Å². The fourth-order valence-corrected chi connectivity index (χ4v) is 3.44. The maximum Gasteiger partial charge on any atom is 0.262 e. The first-order chi connectivity index (χ1) is 9.77. The molecule has 1 aliphatic rings. The molecule has 0 aromatic heterocycles. The summed E-state index contributed by atoms with van der Waals surface area (Å²) in [5.74, 6) is -0.457. The van der Waals surface area contributed by atoms with Crippen LogP contribution in [0.4, 0.5) is 0 Å². The van der Waals surface area contributed by atoms with Crippen molar-refractivity contribution in [3.8, 4) is 0 Å². The number of hydrogen-bond donors (Lipinski definition) is 1. The summed E-state index contributed by atoms with van der Waals surface area (Å²) < 4.78 is 28.5. The van der Waals surface area contributed by atoms with E-state index in [-0.39, 0.29) is 16.1 Å². The number of aryl methyl sites for hydroxylation is 1. The van der Waals surface area contributed by atoms with E-state index >= 15 is 0 Å². The van der Waals surface area contributed by atoms with Crippen molar-refractivity contribution in [2.45, 2.75) is 36.7 Å². The van der Waals surface area contributed by atoms with Gasteiger partial charge in [0.25, 0.3) is 15.0 Å². The van der Waals surface area contributed by atoms with Crippen molar-refractivity contribution < 1.29 is 17.9 Å². The van der Waals surface area contributed by atoms with Gasteiger partial charge in [-0.2, -0.15) is 0 Å². The summed E-state index contributed by atoms with van der Waals surface area (Å²) in [7, 11) is 3.04. The summed E-state index contributed by atoms with van der Waals surface area (Å²) in [6, 6.07) is 4.47. The number of ether oxygens (including phenoxy) is 1. The van der Waals surface area contributed by atoms with E-state index in [0.717, 1.165) is 24.8 Å². The van der Waals surface area contributed by atoms with E-state index in [0.29, 0.717) is 6.54 Å². The predicted molar refractivity (Wildman–Crippen MR) is 80.1 cm³/mol. The van der Waals surface area contributed by atoms with E-state index in [2.05, 4.69) is 5.32 Å². The zero-order chi connectivity index (χ0) is 15.7. The number of rotatable bonds is 5. The van der Waals surface area contributed by atoms with Gasteiger partial charge in [-0.15, -0.1) is 0 Å². The smallest absolute Gasteiger partial charge is 0.262 e. The van der Waals surface area contributed by atoms with Gasteiger partial charge in [-0.1, -0.05) is 11.6 Å². The predicted octanol–water partition coefficient (Wildman–Crippen LogP) is 2.22. The van der Waals surface area contributed by atoms with Gasteiger partial charge in [-0.25, -0.2) is 8.42 Å². The first-order valence-corrected chi connectivity index (χ1v) is 8.97. The fraction of sp³-hybridized carbons (Fsp3) is 0.500. The van der Waals surface area contributed by atoms with Crippen molar-refractivity contribution in [2.75, 3.05) is 13.7 Å². The van der Waals surface area contributed by atoms with Crippen molar-refractivity contribution in [3.63, 3.8) is 0 Å². The summed E-state index contributed by atoms with van der Waals surface area (Å²) in [5.41, 5.74) is 0.532. The van der Waals surface area contributed by atoms with Crippen LogP contribution in [0.2, 0.25) is 0 Å². The Hall–Kier alpha value is -1.11. The molecule has 0 saturated heterocycles. The molecule has 0 aliphatic heterocycles. The van der Waals surface area contributed by atoms with Crippen LogP contribution < -0.4 is 5.32 Å². The molecule has 0 heterocycles. The second kappa shape index (κ2) is 5.94. The maximum absolute atomic E-state index is 12.3. The molecule has 1 aliphatic carbocycles. The van der Waals surface area contributed by atoms with E-state index in [4.69, 9.17) is 15.4 Å². The van der Waals surface area contributed by atoms with Gasteiger partial charge in [0.2, 0.25) is 0 Å². The first kappa shape index (κ1) is 16.3. The minimum atomic E-state index is -3.97. The summed E-state index contributed by atoms with van der Waals surface area (Å²) in [6.45, 7) is 2.14. The number of amides is 1. The molecular formula is C14H18ClNO4S. The van der Waals surface area contributed by atoms with Crippen LogP contribution >= 0.6 is 10.7 Å². The van der Waals surface area contributed by atoms with Gasteiger partial charge in [0.15, 0.2) is 0 Å². The molecule has 2 rings (SSSR count). The summed E-state index contributed by atoms with van der Waals surface area (Å²) in [6.07, 6.45) is 2.84. The minimum absolute atomic E-state index is 0.0653. The van der Waals surface area contributed by atoms with Crippen LogP contribution in [0.15, 0.2) is 23.1 Å². The Bertz CT molecular complexity index is 647. The molecule has 0 atom stereocenters. The Morgan fingerprint density at radius 2 is 2.10 bits per heavy atom. The first-order valence-electron chi connectivity index (χ1n) is 6.66. The largest absolute Gasteiger partial charge is 0.376 e. The van der Waals surface area contributed by atoms with Crippen LogP contribution in [-0.2, 0) is 13.8 Å². The zero-order valence-electron chi connectivity index (χ0n) is 12.0. The number of benzene rings is 1. The molecule has 0 unspecified atom stereocenters. The van der Waals surface area contributed by atoms with Crippen LogP contribution in [0.1, 0.15) is 35.2 Å². The normalized spacial score (nSPS) is 17.1. The van der Waals surface area contributed by atoms with Crippen LogP contribution in [0.25, 0.3) is 0 Å². The van der Waals surface area contributed by atoms with Crippen LogP contribution in [0.3, 0.4) is 0 Å². The lowest BCUT2D eigenvalue weighted by Crippen LogP contribution is -2.49. The van der Waals surface area contributed by atoms with Crippen LogP contribution in [0.5, 0.6) is 0 Å². The zero-order valence-corrected chi connectivity index (χ0v) is 13.6. The number of nitrogens with one attached hydrogen (secondary N) is 1. The third-order valence-electron chi connectivity index (χ3n) is 3.91. The monoisotopic (exact) mass is 331 g/mol. The molecular weight excluding hydrogens is 314 g/mol. The summed E-state index contributed by atoms with van der Waals surface area (Å²) >= 11 is 0.